The molecule has 2 N–H and O–H groups in total. The Morgan fingerprint density at radius 3 is 2.34 bits per heavy atom. The average Bonchev–Trinajstić information content (AvgIpc) is 3.12. The van der Waals surface area contributed by atoms with Crippen molar-refractivity contribution in [1.82, 2.24) is 9.78 Å². The molecule has 0 fully saturated rings. The molecular weight excluding hydrogens is 398 g/mol. The van der Waals surface area contributed by atoms with Crippen LogP contribution in [-0.2, 0) is 14.8 Å². The maximum absolute atomic E-state index is 12.8. The number of esters is 1. The van der Waals surface area contributed by atoms with E-state index >= 15 is 0 Å². The minimum Gasteiger partial charge on any atom is -0.478 e. The number of carbonyl (C=O) groups is 2. The first-order valence-electron chi connectivity index (χ1n) is 8.50. The van der Waals surface area contributed by atoms with Crippen LogP contribution >= 0.6 is 0 Å². The Morgan fingerprint density at radius 2 is 1.76 bits per heavy atom. The van der Waals surface area contributed by atoms with E-state index in [-0.39, 0.29) is 28.4 Å². The third kappa shape index (κ3) is 4.27. The van der Waals surface area contributed by atoms with Crippen molar-refractivity contribution < 1.29 is 27.9 Å². The van der Waals surface area contributed by atoms with E-state index in [2.05, 4.69) is 9.82 Å². The van der Waals surface area contributed by atoms with Gasteiger partial charge in [-0.1, -0.05) is 18.2 Å². The van der Waals surface area contributed by atoms with Gasteiger partial charge in [-0.2, -0.15) is 5.10 Å². The number of hydrogen-bond acceptors (Lipinski definition) is 6. The fourth-order valence-corrected chi connectivity index (χ4v) is 3.60. The number of carboxylic acid groups (broad SMARTS) is 1. The van der Waals surface area contributed by atoms with Gasteiger partial charge in [0.15, 0.2) is 5.82 Å². The number of anilines is 1. The Balaban J connectivity index is 2.05. The van der Waals surface area contributed by atoms with Gasteiger partial charge in [-0.15, -0.1) is 0 Å². The van der Waals surface area contributed by atoms with Gasteiger partial charge in [0.25, 0.3) is 10.0 Å². The van der Waals surface area contributed by atoms with Crippen LogP contribution < -0.4 is 4.72 Å². The van der Waals surface area contributed by atoms with Crippen LogP contribution in [-0.4, -0.2) is 41.9 Å². The highest BCUT2D eigenvalue weighted by atomic mass is 32.2. The van der Waals surface area contributed by atoms with Gasteiger partial charge < -0.3 is 9.84 Å². The predicted octanol–water partition coefficient (Wildman–Crippen LogP) is 2.55. The van der Waals surface area contributed by atoms with Crippen molar-refractivity contribution in [3.05, 3.63) is 71.9 Å². The number of rotatable bonds is 7. The molecule has 9 nitrogen and oxygen atoms in total. The number of benzene rings is 2. The molecule has 0 unspecified atom stereocenters. The first kappa shape index (κ1) is 20.1. The second kappa shape index (κ2) is 8.15. The molecule has 0 bridgehead atoms. The van der Waals surface area contributed by atoms with Crippen molar-refractivity contribution in [1.29, 1.82) is 0 Å². The average molecular weight is 415 g/mol. The SMILES string of the molecule is CCOC(=O)c1cnn(-c2ccccc2)c1NS(=O)(=O)c1ccc(C(=O)O)cc1. The van der Waals surface area contributed by atoms with Crippen molar-refractivity contribution in [2.45, 2.75) is 11.8 Å². The van der Waals surface area contributed by atoms with Gasteiger partial charge >= 0.3 is 11.9 Å². The van der Waals surface area contributed by atoms with Crippen molar-refractivity contribution in [2.75, 3.05) is 11.3 Å². The van der Waals surface area contributed by atoms with E-state index in [9.17, 15) is 18.0 Å². The monoisotopic (exact) mass is 415 g/mol. The minimum atomic E-state index is -4.14. The number of carboxylic acids is 1. The maximum atomic E-state index is 12.8. The molecule has 0 aliphatic rings. The number of aromatic carboxylic acids is 1. The van der Waals surface area contributed by atoms with Gasteiger partial charge in [0.1, 0.15) is 5.56 Å². The zero-order valence-corrected chi connectivity index (χ0v) is 16.1. The molecule has 0 saturated heterocycles. The highest BCUT2D eigenvalue weighted by Crippen LogP contribution is 2.24. The van der Waals surface area contributed by atoms with Crippen LogP contribution in [0.15, 0.2) is 65.7 Å². The number of hydrogen-bond donors (Lipinski definition) is 2. The van der Waals surface area contributed by atoms with Crippen LogP contribution in [0.5, 0.6) is 0 Å². The summed E-state index contributed by atoms with van der Waals surface area (Å²) in [6, 6.07) is 13.3. The van der Waals surface area contributed by atoms with E-state index in [0.29, 0.717) is 5.69 Å². The van der Waals surface area contributed by atoms with Crippen LogP contribution in [0.3, 0.4) is 0 Å². The summed E-state index contributed by atoms with van der Waals surface area (Å²) in [6.45, 7) is 1.74. The third-order valence-electron chi connectivity index (χ3n) is 3.91. The lowest BCUT2D eigenvalue weighted by Gasteiger charge is -2.12. The van der Waals surface area contributed by atoms with Crippen LogP contribution in [0.4, 0.5) is 5.82 Å². The Hall–Kier alpha value is -3.66. The van der Waals surface area contributed by atoms with Gasteiger partial charge in [-0.05, 0) is 43.3 Å². The molecule has 0 aliphatic heterocycles. The molecule has 0 radical (unpaired) electrons. The third-order valence-corrected chi connectivity index (χ3v) is 5.26. The lowest BCUT2D eigenvalue weighted by Crippen LogP contribution is -2.18. The summed E-state index contributed by atoms with van der Waals surface area (Å²) < 4.78 is 34.3. The molecule has 3 rings (SSSR count). The molecule has 0 amide bonds. The number of para-hydroxylation sites is 1. The van der Waals surface area contributed by atoms with E-state index < -0.39 is 22.0 Å². The van der Waals surface area contributed by atoms with Crippen molar-refractivity contribution >= 4 is 27.8 Å². The van der Waals surface area contributed by atoms with E-state index in [4.69, 9.17) is 9.84 Å². The zero-order chi connectivity index (χ0) is 21.0. The van der Waals surface area contributed by atoms with Gasteiger partial charge in [-0.3, -0.25) is 4.72 Å². The molecule has 0 saturated carbocycles. The molecule has 29 heavy (non-hydrogen) atoms. The summed E-state index contributed by atoms with van der Waals surface area (Å²) in [7, 11) is -4.14. The molecule has 0 spiro atoms. The molecule has 3 aromatic rings. The van der Waals surface area contributed by atoms with E-state index in [1.807, 2.05) is 0 Å². The number of sulfonamides is 1. The lowest BCUT2D eigenvalue weighted by molar-refractivity contribution is 0.0527. The molecule has 0 aliphatic carbocycles. The minimum absolute atomic E-state index is 0.0505. The Labute approximate surface area is 166 Å². The maximum Gasteiger partial charge on any atom is 0.343 e. The summed E-state index contributed by atoms with van der Waals surface area (Å²) in [5.74, 6) is -1.99. The first-order chi connectivity index (χ1) is 13.8. The molecule has 0 atom stereocenters. The van der Waals surface area contributed by atoms with Crippen LogP contribution in [0.25, 0.3) is 5.69 Å². The smallest absolute Gasteiger partial charge is 0.343 e. The normalized spacial score (nSPS) is 11.1. The Morgan fingerprint density at radius 1 is 1.10 bits per heavy atom. The molecular formula is C19H17N3O6S. The number of ether oxygens (including phenoxy) is 1. The topological polar surface area (TPSA) is 128 Å². The molecule has 10 heteroatoms. The number of nitrogens with one attached hydrogen (secondary N) is 1. The lowest BCUT2D eigenvalue weighted by atomic mass is 10.2. The highest BCUT2D eigenvalue weighted by molar-refractivity contribution is 7.92. The largest absolute Gasteiger partial charge is 0.478 e. The van der Waals surface area contributed by atoms with Gasteiger partial charge in [0.2, 0.25) is 0 Å². The highest BCUT2D eigenvalue weighted by Gasteiger charge is 2.25. The van der Waals surface area contributed by atoms with Crippen molar-refractivity contribution in [2.24, 2.45) is 0 Å². The molecule has 2 aromatic carbocycles. The fraction of sp³-hybridized carbons (Fsp3) is 0.105. The van der Waals surface area contributed by atoms with E-state index in [1.54, 1.807) is 37.3 Å². The molecule has 1 aromatic heterocycles. The number of nitrogens with zero attached hydrogens (tertiary/aromatic N) is 2. The van der Waals surface area contributed by atoms with Crippen LogP contribution in [0.1, 0.15) is 27.6 Å². The standard InChI is InChI=1S/C19H17N3O6S/c1-2-28-19(25)16-12-20-22(14-6-4-3-5-7-14)17(16)21-29(26,27)15-10-8-13(9-11-15)18(23)24/h3-12,21H,2H2,1H3,(H,23,24). The number of aromatic nitrogens is 2. The molecule has 1 heterocycles. The second-order valence-corrected chi connectivity index (χ2v) is 7.49. The Kier molecular flexibility index (Phi) is 5.64. The second-order valence-electron chi connectivity index (χ2n) is 5.81. The van der Waals surface area contributed by atoms with Gasteiger partial charge in [0, 0.05) is 0 Å². The summed E-state index contributed by atoms with van der Waals surface area (Å²) in [4.78, 5) is 23.1. The zero-order valence-electron chi connectivity index (χ0n) is 15.3. The summed E-state index contributed by atoms with van der Waals surface area (Å²) in [5, 5.41) is 13.1. The van der Waals surface area contributed by atoms with Crippen molar-refractivity contribution in [3.8, 4) is 5.69 Å². The summed E-state index contributed by atoms with van der Waals surface area (Å²) in [6.07, 6.45) is 1.22. The van der Waals surface area contributed by atoms with Gasteiger partial charge in [0.05, 0.1) is 29.0 Å². The fourth-order valence-electron chi connectivity index (χ4n) is 2.53. The number of carbonyl (C=O) groups excluding carboxylic acids is 1. The van der Waals surface area contributed by atoms with Gasteiger partial charge in [-0.25, -0.2) is 22.7 Å². The van der Waals surface area contributed by atoms with Crippen LogP contribution in [0.2, 0.25) is 0 Å². The quantitative estimate of drug-likeness (QED) is 0.568. The van der Waals surface area contributed by atoms with Crippen molar-refractivity contribution in [3.63, 3.8) is 0 Å². The first-order valence-corrected chi connectivity index (χ1v) is 9.98. The van der Waals surface area contributed by atoms with E-state index in [0.717, 1.165) is 0 Å². The summed E-state index contributed by atoms with van der Waals surface area (Å²) in [5.41, 5.74) is 0.425. The van der Waals surface area contributed by atoms with E-state index in [1.165, 1.54) is 35.1 Å². The van der Waals surface area contributed by atoms with Crippen LogP contribution in [0, 0.1) is 0 Å². The summed E-state index contributed by atoms with van der Waals surface area (Å²) >= 11 is 0. The molecule has 150 valence electrons. The predicted molar refractivity (Wildman–Crippen MR) is 104 cm³/mol. The Bertz CT molecular complexity index is 1140.